The zero-order chi connectivity index (χ0) is 44.5. The molecule has 13 N–H and O–H groups in total. The Kier molecular flexibility index (Phi) is 24.9. The second kappa shape index (κ2) is 27.7. The maximum atomic E-state index is 13.6. The first-order chi connectivity index (χ1) is 27.2. The molecule has 0 aliphatic heterocycles. The van der Waals surface area contributed by atoms with E-state index in [9.17, 15) is 63.0 Å². The fraction of sp³-hybridized carbons (Fsp3) is 0.686. The Bertz CT molecular complexity index is 1480. The third kappa shape index (κ3) is 20.9. The molecule has 0 radical (unpaired) electrons. The number of rotatable bonds is 31. The highest BCUT2D eigenvalue weighted by Crippen LogP contribution is 2.09. The van der Waals surface area contributed by atoms with Crippen LogP contribution < -0.4 is 43.0 Å². The van der Waals surface area contributed by atoms with E-state index in [-0.39, 0.29) is 25.7 Å². The number of hydrogen-bond acceptors (Lipinski definition) is 12. The minimum absolute atomic E-state index is 0.0303. The van der Waals surface area contributed by atoms with Gasteiger partial charge < -0.3 is 63.4 Å². The highest BCUT2D eigenvalue weighted by molar-refractivity contribution is 5.99. The summed E-state index contributed by atoms with van der Waals surface area (Å²) in [5.41, 5.74) is 5.20. The van der Waals surface area contributed by atoms with Crippen molar-refractivity contribution in [3.05, 3.63) is 0 Å². The lowest BCUT2D eigenvalue weighted by molar-refractivity contribution is -0.142. The van der Waals surface area contributed by atoms with E-state index >= 15 is 0 Å². The Morgan fingerprint density at radius 3 is 0.879 bits per heavy atom. The van der Waals surface area contributed by atoms with Crippen molar-refractivity contribution in [2.75, 3.05) is 7.05 Å². The van der Waals surface area contributed by atoms with Gasteiger partial charge in [0.15, 0.2) is 0 Å². The first-order valence-electron chi connectivity index (χ1n) is 18.9. The third-order valence-electron chi connectivity index (χ3n) is 8.54. The van der Waals surface area contributed by atoms with Crippen LogP contribution in [0.2, 0.25) is 0 Å². The topological polar surface area (TPSA) is 379 Å². The molecule has 0 heterocycles. The number of primary amides is 1. The van der Waals surface area contributed by atoms with Crippen LogP contribution in [0.1, 0.15) is 104 Å². The summed E-state index contributed by atoms with van der Waals surface area (Å²) in [5, 5.41) is 53.6. The van der Waals surface area contributed by atoms with Gasteiger partial charge in [-0.25, -0.2) is 0 Å². The predicted molar refractivity (Wildman–Crippen MR) is 201 cm³/mol. The molecule has 0 aromatic carbocycles. The number of nitrogens with one attached hydrogen (secondary N) is 7. The van der Waals surface area contributed by atoms with Crippen molar-refractivity contribution in [2.24, 2.45) is 5.73 Å². The van der Waals surface area contributed by atoms with Crippen LogP contribution in [0.3, 0.4) is 0 Å². The molecule has 0 spiro atoms. The van der Waals surface area contributed by atoms with Crippen molar-refractivity contribution in [1.29, 1.82) is 0 Å². The van der Waals surface area contributed by atoms with Gasteiger partial charge in [0.25, 0.3) is 0 Å². The lowest BCUT2D eigenvalue weighted by Gasteiger charge is -2.27. The second-order valence-electron chi connectivity index (χ2n) is 13.4. The van der Waals surface area contributed by atoms with Gasteiger partial charge in [-0.2, -0.15) is 0 Å². The maximum Gasteiger partial charge on any atom is 0.305 e. The van der Waals surface area contributed by atoms with E-state index in [0.717, 1.165) is 0 Å². The third-order valence-corrected chi connectivity index (χ3v) is 8.54. The minimum Gasteiger partial charge on any atom is -0.481 e. The number of aliphatic carboxylic acids is 4. The van der Waals surface area contributed by atoms with Gasteiger partial charge in [-0.3, -0.25) is 52.7 Å². The van der Waals surface area contributed by atoms with E-state index in [4.69, 9.17) is 15.9 Å². The van der Waals surface area contributed by atoms with Crippen LogP contribution in [-0.2, 0) is 52.7 Å². The van der Waals surface area contributed by atoms with E-state index in [2.05, 4.69) is 37.2 Å². The van der Waals surface area contributed by atoms with E-state index in [1.54, 1.807) is 20.8 Å². The van der Waals surface area contributed by atoms with Crippen molar-refractivity contribution < 1.29 is 73.2 Å². The quantitative estimate of drug-likeness (QED) is 0.0342. The summed E-state index contributed by atoms with van der Waals surface area (Å²) in [6.45, 7) is 5.29. The number of likely N-dealkylation sites (N-methyl/N-ethyl adjacent to an activating group) is 1. The molecule has 58 heavy (non-hydrogen) atoms. The molecule has 7 amide bonds. The summed E-state index contributed by atoms with van der Waals surface area (Å²) in [4.78, 5) is 137. The van der Waals surface area contributed by atoms with E-state index < -0.39 is 133 Å². The molecule has 0 saturated heterocycles. The average Bonchev–Trinajstić information content (AvgIpc) is 3.13. The SMILES string of the molecule is CCCCC(NC(=O)[C@H](CC(=O)O)NC)C(=O)N[C@@H](CC(=O)O)C(=O)NC(CCCC)C(=O)N[C@@H](CC(=O)O)C(=O)NC(CCCC)C(=O)N[C@@H](CC(=O)O)C(N)=O. The Morgan fingerprint density at radius 1 is 0.397 bits per heavy atom. The van der Waals surface area contributed by atoms with Crippen LogP contribution in [0.4, 0.5) is 0 Å². The smallest absolute Gasteiger partial charge is 0.305 e. The van der Waals surface area contributed by atoms with Crippen molar-refractivity contribution in [3.8, 4) is 0 Å². The molecule has 23 heteroatoms. The fourth-order valence-electron chi connectivity index (χ4n) is 5.33. The molecule has 0 aromatic heterocycles. The molecule has 0 fully saturated rings. The summed E-state index contributed by atoms with van der Waals surface area (Å²) in [7, 11) is 1.33. The van der Waals surface area contributed by atoms with Crippen LogP contribution in [0.5, 0.6) is 0 Å². The van der Waals surface area contributed by atoms with Crippen molar-refractivity contribution in [2.45, 2.75) is 147 Å². The Balaban J connectivity index is 6.36. The summed E-state index contributed by atoms with van der Waals surface area (Å²) in [6.07, 6.45) is -1.03. The lowest BCUT2D eigenvalue weighted by Crippen LogP contribution is -2.60. The number of unbranched alkanes of at least 4 members (excludes halogenated alkanes) is 3. The zero-order valence-corrected chi connectivity index (χ0v) is 33.1. The number of carboxylic acids is 4. The van der Waals surface area contributed by atoms with Crippen LogP contribution in [0.25, 0.3) is 0 Å². The molecule has 23 nitrogen and oxygen atoms in total. The van der Waals surface area contributed by atoms with Gasteiger partial charge in [0.05, 0.1) is 31.7 Å². The Morgan fingerprint density at radius 2 is 0.621 bits per heavy atom. The molecule has 0 rings (SSSR count). The predicted octanol–water partition coefficient (Wildman–Crippen LogP) is -2.56. The molecule has 0 bridgehead atoms. The maximum absolute atomic E-state index is 13.6. The standard InChI is InChI=1S/C35H58N8O15/c1-5-8-11-18(30(53)41-21(29(36)52)14-25(44)45)39-34(57)23(16-27(48)49)43-32(55)20(13-10-7-3)40-35(58)24(17-28(50)51)42-31(54)19(12-9-6-2)38-33(56)22(37-4)15-26(46)47/h18-24,37H,5-17H2,1-4H3,(H2,36,52)(H,38,56)(H,39,57)(H,40,58)(H,41,53)(H,42,54)(H,43,55)(H,44,45)(H,46,47)(H,48,49)(H,50,51)/t18?,19?,20?,21-,22-,23-,24-/m0/s1. The van der Waals surface area contributed by atoms with E-state index in [0.29, 0.717) is 32.1 Å². The van der Waals surface area contributed by atoms with Crippen LogP contribution >= 0.6 is 0 Å². The molecule has 3 unspecified atom stereocenters. The lowest BCUT2D eigenvalue weighted by atomic mass is 10.0. The molecule has 7 atom stereocenters. The van der Waals surface area contributed by atoms with Crippen molar-refractivity contribution in [3.63, 3.8) is 0 Å². The summed E-state index contributed by atoms with van der Waals surface area (Å²) < 4.78 is 0. The number of carbonyl (C=O) groups is 11. The Hall–Kier alpha value is -5.87. The van der Waals surface area contributed by atoms with Crippen LogP contribution in [0.15, 0.2) is 0 Å². The normalized spacial score (nSPS) is 14.4. The zero-order valence-electron chi connectivity index (χ0n) is 33.1. The fourth-order valence-corrected chi connectivity index (χ4v) is 5.33. The summed E-state index contributed by atoms with van der Waals surface area (Å²) >= 11 is 0. The number of hydrogen-bond donors (Lipinski definition) is 12. The van der Waals surface area contributed by atoms with Crippen LogP contribution in [0, 0.1) is 0 Å². The molecule has 0 aliphatic rings. The van der Waals surface area contributed by atoms with E-state index in [1.807, 2.05) is 0 Å². The summed E-state index contributed by atoms with van der Waals surface area (Å²) in [5.74, 6) is -13.3. The van der Waals surface area contributed by atoms with E-state index in [1.165, 1.54) is 7.05 Å². The van der Waals surface area contributed by atoms with Crippen LogP contribution in [-0.4, -0.2) is 135 Å². The van der Waals surface area contributed by atoms with Crippen molar-refractivity contribution >= 4 is 65.2 Å². The highest BCUT2D eigenvalue weighted by Gasteiger charge is 2.35. The second-order valence-corrected chi connectivity index (χ2v) is 13.4. The highest BCUT2D eigenvalue weighted by atomic mass is 16.4. The molecule has 0 aromatic rings. The van der Waals surface area contributed by atoms with Gasteiger partial charge in [0.2, 0.25) is 41.4 Å². The van der Waals surface area contributed by atoms with Crippen molar-refractivity contribution in [1.82, 2.24) is 37.2 Å². The van der Waals surface area contributed by atoms with Gasteiger partial charge in [-0.1, -0.05) is 59.3 Å². The molecular formula is C35H58N8O15. The molecular weight excluding hydrogens is 772 g/mol. The molecule has 0 saturated carbocycles. The average molecular weight is 831 g/mol. The first-order valence-corrected chi connectivity index (χ1v) is 18.9. The molecule has 328 valence electrons. The number of nitrogens with two attached hydrogens (primary N) is 1. The number of carbonyl (C=O) groups excluding carboxylic acids is 7. The Labute approximate surface area is 334 Å². The van der Waals surface area contributed by atoms with Gasteiger partial charge in [0, 0.05) is 0 Å². The summed E-state index contributed by atoms with van der Waals surface area (Å²) in [6, 6.07) is -10.8. The first kappa shape index (κ1) is 52.1. The van der Waals surface area contributed by atoms with Gasteiger partial charge in [-0.15, -0.1) is 0 Å². The minimum atomic E-state index is -1.85. The van der Waals surface area contributed by atoms with Gasteiger partial charge in [-0.05, 0) is 26.3 Å². The molecule has 0 aliphatic carbocycles. The monoisotopic (exact) mass is 830 g/mol. The number of carboxylic acid groups (broad SMARTS) is 4. The number of amides is 7. The largest absolute Gasteiger partial charge is 0.481 e. The van der Waals surface area contributed by atoms with Gasteiger partial charge >= 0.3 is 23.9 Å². The van der Waals surface area contributed by atoms with Gasteiger partial charge in [0.1, 0.15) is 36.3 Å².